The van der Waals surface area contributed by atoms with Crippen molar-refractivity contribution in [1.82, 2.24) is 15.5 Å². The first-order chi connectivity index (χ1) is 6.74. The van der Waals surface area contributed by atoms with E-state index in [0.29, 0.717) is 6.04 Å². The summed E-state index contributed by atoms with van der Waals surface area (Å²) in [4.78, 5) is 13.2. The third-order valence-corrected chi connectivity index (χ3v) is 2.70. The Labute approximate surface area is 86.0 Å². The van der Waals surface area contributed by atoms with Gasteiger partial charge in [-0.05, 0) is 26.3 Å². The molecule has 1 rings (SSSR count). The fourth-order valence-corrected chi connectivity index (χ4v) is 1.57. The van der Waals surface area contributed by atoms with Crippen molar-refractivity contribution in [3.63, 3.8) is 0 Å². The van der Waals surface area contributed by atoms with Crippen LogP contribution in [0.25, 0.3) is 0 Å². The molecular formula is C10H21N3O. The standard InChI is InChI=1S/C10H21N3O/c1-3-13(2)10(14)12-9-6-4-5-7-11-8-9/h9,11H,3-8H2,1-2H3,(H,12,14). The lowest BCUT2D eigenvalue weighted by atomic mass is 10.1. The van der Waals surface area contributed by atoms with E-state index >= 15 is 0 Å². The monoisotopic (exact) mass is 199 g/mol. The van der Waals surface area contributed by atoms with Crippen molar-refractivity contribution in [3.05, 3.63) is 0 Å². The number of carbonyl (C=O) groups is 1. The first kappa shape index (κ1) is 11.3. The van der Waals surface area contributed by atoms with Crippen LogP contribution in [0.2, 0.25) is 0 Å². The molecule has 1 heterocycles. The van der Waals surface area contributed by atoms with Crippen molar-refractivity contribution < 1.29 is 4.79 Å². The Morgan fingerprint density at radius 1 is 1.57 bits per heavy atom. The number of urea groups is 1. The molecule has 1 saturated heterocycles. The maximum Gasteiger partial charge on any atom is 0.317 e. The number of amides is 2. The van der Waals surface area contributed by atoms with Crippen LogP contribution in [0.3, 0.4) is 0 Å². The lowest BCUT2D eigenvalue weighted by Crippen LogP contribution is -2.46. The van der Waals surface area contributed by atoms with E-state index in [1.165, 1.54) is 12.8 Å². The Bertz CT molecular complexity index is 176. The van der Waals surface area contributed by atoms with Crippen LogP contribution in [0.5, 0.6) is 0 Å². The summed E-state index contributed by atoms with van der Waals surface area (Å²) in [7, 11) is 1.82. The first-order valence-electron chi connectivity index (χ1n) is 5.46. The Kier molecular flexibility index (Phi) is 4.73. The smallest absolute Gasteiger partial charge is 0.317 e. The van der Waals surface area contributed by atoms with Crippen LogP contribution in [0.1, 0.15) is 26.2 Å². The zero-order chi connectivity index (χ0) is 10.4. The predicted octanol–water partition coefficient (Wildman–Crippen LogP) is 0.790. The summed E-state index contributed by atoms with van der Waals surface area (Å²) >= 11 is 0. The molecule has 0 spiro atoms. The number of nitrogens with zero attached hydrogens (tertiary/aromatic N) is 1. The Balaban J connectivity index is 2.30. The number of hydrogen-bond donors (Lipinski definition) is 2. The molecule has 0 saturated carbocycles. The number of nitrogens with one attached hydrogen (secondary N) is 2. The van der Waals surface area contributed by atoms with Crippen molar-refractivity contribution in [2.75, 3.05) is 26.7 Å². The van der Waals surface area contributed by atoms with E-state index in [2.05, 4.69) is 10.6 Å². The quantitative estimate of drug-likeness (QED) is 0.690. The Morgan fingerprint density at radius 3 is 3.07 bits per heavy atom. The second-order valence-corrected chi connectivity index (χ2v) is 3.86. The van der Waals surface area contributed by atoms with Gasteiger partial charge in [-0.3, -0.25) is 0 Å². The molecule has 1 aliphatic heterocycles. The number of hydrogen-bond acceptors (Lipinski definition) is 2. The average Bonchev–Trinajstić information content (AvgIpc) is 2.45. The molecule has 0 aromatic heterocycles. The summed E-state index contributed by atoms with van der Waals surface area (Å²) < 4.78 is 0. The van der Waals surface area contributed by atoms with E-state index in [1.807, 2.05) is 14.0 Å². The Hall–Kier alpha value is -0.770. The van der Waals surface area contributed by atoms with Crippen LogP contribution < -0.4 is 10.6 Å². The van der Waals surface area contributed by atoms with Gasteiger partial charge in [0.1, 0.15) is 0 Å². The van der Waals surface area contributed by atoms with E-state index in [0.717, 1.165) is 26.1 Å². The van der Waals surface area contributed by atoms with E-state index in [9.17, 15) is 4.79 Å². The minimum Gasteiger partial charge on any atom is -0.334 e. The molecule has 1 aliphatic rings. The van der Waals surface area contributed by atoms with Crippen molar-refractivity contribution >= 4 is 6.03 Å². The maximum atomic E-state index is 11.5. The molecule has 14 heavy (non-hydrogen) atoms. The number of rotatable bonds is 2. The summed E-state index contributed by atoms with van der Waals surface area (Å²) in [6.07, 6.45) is 3.51. The van der Waals surface area contributed by atoms with Gasteiger partial charge in [0.2, 0.25) is 0 Å². The predicted molar refractivity (Wildman–Crippen MR) is 57.3 cm³/mol. The zero-order valence-corrected chi connectivity index (χ0v) is 9.18. The highest BCUT2D eigenvalue weighted by molar-refractivity contribution is 5.74. The highest BCUT2D eigenvalue weighted by Crippen LogP contribution is 2.04. The van der Waals surface area contributed by atoms with Crippen molar-refractivity contribution in [2.45, 2.75) is 32.2 Å². The van der Waals surface area contributed by atoms with E-state index in [-0.39, 0.29) is 6.03 Å². The van der Waals surface area contributed by atoms with Gasteiger partial charge in [-0.2, -0.15) is 0 Å². The molecule has 0 aliphatic carbocycles. The molecule has 82 valence electrons. The zero-order valence-electron chi connectivity index (χ0n) is 9.18. The van der Waals surface area contributed by atoms with Crippen LogP contribution in [0.15, 0.2) is 0 Å². The Morgan fingerprint density at radius 2 is 2.36 bits per heavy atom. The van der Waals surface area contributed by atoms with Gasteiger partial charge in [0, 0.05) is 26.2 Å². The molecule has 0 bridgehead atoms. The second-order valence-electron chi connectivity index (χ2n) is 3.86. The summed E-state index contributed by atoms with van der Waals surface area (Å²) in [6, 6.07) is 0.347. The summed E-state index contributed by atoms with van der Waals surface area (Å²) in [5.41, 5.74) is 0. The average molecular weight is 199 g/mol. The minimum absolute atomic E-state index is 0.0428. The maximum absolute atomic E-state index is 11.5. The van der Waals surface area contributed by atoms with Crippen LogP contribution in [-0.2, 0) is 0 Å². The summed E-state index contributed by atoms with van der Waals surface area (Å²) in [5.74, 6) is 0. The molecule has 1 unspecified atom stereocenters. The lowest BCUT2D eigenvalue weighted by Gasteiger charge is -2.21. The second kappa shape index (κ2) is 5.86. The molecule has 2 amide bonds. The largest absolute Gasteiger partial charge is 0.334 e. The summed E-state index contributed by atoms with van der Waals surface area (Å²) in [6.45, 7) is 4.72. The van der Waals surface area contributed by atoms with Crippen LogP contribution in [0.4, 0.5) is 4.79 Å². The lowest BCUT2D eigenvalue weighted by molar-refractivity contribution is 0.206. The van der Waals surface area contributed by atoms with E-state index < -0.39 is 0 Å². The van der Waals surface area contributed by atoms with Gasteiger partial charge < -0.3 is 15.5 Å². The van der Waals surface area contributed by atoms with Crippen molar-refractivity contribution in [1.29, 1.82) is 0 Å². The van der Waals surface area contributed by atoms with E-state index in [1.54, 1.807) is 4.90 Å². The molecular weight excluding hydrogens is 178 g/mol. The number of carbonyl (C=O) groups excluding carboxylic acids is 1. The van der Waals surface area contributed by atoms with Crippen LogP contribution in [0, 0.1) is 0 Å². The summed E-state index contributed by atoms with van der Waals surface area (Å²) in [5, 5.41) is 6.36. The van der Waals surface area contributed by atoms with Gasteiger partial charge in [-0.15, -0.1) is 0 Å². The van der Waals surface area contributed by atoms with Gasteiger partial charge in [0.15, 0.2) is 0 Å². The van der Waals surface area contributed by atoms with Gasteiger partial charge in [-0.1, -0.05) is 6.42 Å². The van der Waals surface area contributed by atoms with Crippen LogP contribution >= 0.6 is 0 Å². The molecule has 1 fully saturated rings. The van der Waals surface area contributed by atoms with Gasteiger partial charge in [-0.25, -0.2) is 4.79 Å². The topological polar surface area (TPSA) is 44.4 Å². The van der Waals surface area contributed by atoms with Gasteiger partial charge >= 0.3 is 6.03 Å². The van der Waals surface area contributed by atoms with E-state index in [4.69, 9.17) is 0 Å². The highest BCUT2D eigenvalue weighted by atomic mass is 16.2. The van der Waals surface area contributed by atoms with Crippen LogP contribution in [-0.4, -0.2) is 43.7 Å². The van der Waals surface area contributed by atoms with Crippen molar-refractivity contribution in [2.24, 2.45) is 0 Å². The highest BCUT2D eigenvalue weighted by Gasteiger charge is 2.15. The van der Waals surface area contributed by atoms with Gasteiger partial charge in [0.25, 0.3) is 0 Å². The first-order valence-corrected chi connectivity index (χ1v) is 5.46. The molecule has 2 N–H and O–H groups in total. The molecule has 1 atom stereocenters. The molecule has 0 aromatic rings. The molecule has 4 heteroatoms. The SMILES string of the molecule is CCN(C)C(=O)NC1CCCCNC1. The fraction of sp³-hybridized carbons (Fsp3) is 0.900. The molecule has 0 radical (unpaired) electrons. The minimum atomic E-state index is 0.0428. The fourth-order valence-electron chi connectivity index (χ4n) is 1.57. The van der Waals surface area contributed by atoms with Crippen molar-refractivity contribution in [3.8, 4) is 0 Å². The molecule has 4 nitrogen and oxygen atoms in total. The third kappa shape index (κ3) is 3.54. The van der Waals surface area contributed by atoms with Gasteiger partial charge in [0.05, 0.1) is 0 Å². The normalized spacial score (nSPS) is 22.6. The third-order valence-electron chi connectivity index (χ3n) is 2.70. The molecule has 0 aromatic carbocycles.